The van der Waals surface area contributed by atoms with Crippen LogP contribution in [0, 0.1) is 0 Å². The van der Waals surface area contributed by atoms with Gasteiger partial charge in [-0.25, -0.2) is 0 Å². The number of carbonyl (C=O) groups is 1. The van der Waals surface area contributed by atoms with E-state index in [1.165, 1.54) is 5.19 Å². The Labute approximate surface area is 106 Å². The molecule has 0 bridgehead atoms. The first-order valence-electron chi connectivity index (χ1n) is 5.90. The zero-order valence-corrected chi connectivity index (χ0v) is 13.6. The molecule has 0 spiro atoms. The molecule has 0 aliphatic rings. The predicted octanol–water partition coefficient (Wildman–Crippen LogP) is 2.30. The number of rotatable bonds is 3. The molecule has 0 saturated heterocycles. The van der Waals surface area contributed by atoms with Gasteiger partial charge in [-0.05, 0) is 11.3 Å². The van der Waals surface area contributed by atoms with Gasteiger partial charge >= 0.3 is 0 Å². The van der Waals surface area contributed by atoms with Gasteiger partial charge in [0.25, 0.3) is 0 Å². The molecule has 0 radical (unpaired) electrons. The van der Waals surface area contributed by atoms with Crippen LogP contribution < -0.4 is 10.4 Å². The van der Waals surface area contributed by atoms with E-state index in [4.69, 9.17) is 0 Å². The minimum atomic E-state index is -1.62. The van der Waals surface area contributed by atoms with Crippen molar-refractivity contribution in [2.75, 3.05) is 0 Å². The number of aldehydes is 1. The maximum atomic E-state index is 11.1. The highest BCUT2D eigenvalue weighted by Gasteiger charge is 2.26. The van der Waals surface area contributed by atoms with Gasteiger partial charge in [-0.1, -0.05) is 50.5 Å². The van der Waals surface area contributed by atoms with E-state index in [9.17, 15) is 9.90 Å². The van der Waals surface area contributed by atoms with Gasteiger partial charge in [-0.15, -0.1) is 0 Å². The maximum Gasteiger partial charge on any atom is 0.153 e. The first-order valence-corrected chi connectivity index (χ1v) is 12.9. The highest BCUT2D eigenvalue weighted by Crippen LogP contribution is 2.18. The molecule has 0 aromatic heterocycles. The van der Waals surface area contributed by atoms with Crippen LogP contribution in [-0.4, -0.2) is 27.5 Å². The molecule has 0 unspecified atom stereocenters. The molecular formula is C13H22O2Si2. The van der Waals surface area contributed by atoms with E-state index in [0.717, 1.165) is 11.5 Å². The number of carbonyl (C=O) groups excluding carboxylic acids is 1. The summed E-state index contributed by atoms with van der Waals surface area (Å²) >= 11 is 0. The molecule has 1 aromatic carbocycles. The number of hydrogen-bond donors (Lipinski definition) is 1. The summed E-state index contributed by atoms with van der Waals surface area (Å²) in [7, 11) is -3.08. The van der Waals surface area contributed by atoms with Crippen LogP contribution in [-0.2, 0) is 0 Å². The molecular weight excluding hydrogens is 244 g/mol. The van der Waals surface area contributed by atoms with Gasteiger partial charge in [-0.3, -0.25) is 4.79 Å². The van der Waals surface area contributed by atoms with Gasteiger partial charge < -0.3 is 5.11 Å². The van der Waals surface area contributed by atoms with E-state index >= 15 is 0 Å². The third-order valence-corrected chi connectivity index (χ3v) is 6.96. The molecule has 0 amide bonds. The summed E-state index contributed by atoms with van der Waals surface area (Å²) in [4.78, 5) is 11.1. The second-order valence-electron chi connectivity index (χ2n) is 6.58. The van der Waals surface area contributed by atoms with Gasteiger partial charge in [0, 0.05) is 0 Å². The number of phenols is 1. The predicted molar refractivity (Wildman–Crippen MR) is 79.5 cm³/mol. The van der Waals surface area contributed by atoms with Crippen LogP contribution in [0.4, 0.5) is 0 Å². The quantitative estimate of drug-likeness (QED) is 0.673. The molecule has 0 aliphatic heterocycles. The Hall–Kier alpha value is -0.876. The van der Waals surface area contributed by atoms with Crippen LogP contribution in [0.3, 0.4) is 0 Å². The topological polar surface area (TPSA) is 37.3 Å². The fourth-order valence-corrected chi connectivity index (χ4v) is 4.50. The number of benzene rings is 1. The van der Waals surface area contributed by atoms with E-state index in [-0.39, 0.29) is 5.75 Å². The third-order valence-electron chi connectivity index (χ3n) is 2.94. The van der Waals surface area contributed by atoms with Crippen molar-refractivity contribution >= 4 is 32.8 Å². The lowest BCUT2D eigenvalue weighted by atomic mass is 10.2. The van der Waals surface area contributed by atoms with Crippen LogP contribution in [0.2, 0.25) is 39.3 Å². The summed E-state index contributed by atoms with van der Waals surface area (Å²) in [5.74, 6) is 0.196. The monoisotopic (exact) mass is 266 g/mol. The van der Waals surface area contributed by atoms with Gasteiger partial charge in [0.15, 0.2) is 6.29 Å². The highest BCUT2D eigenvalue weighted by molar-refractivity contribution is 6.92. The molecule has 1 rings (SSSR count). The van der Waals surface area contributed by atoms with Crippen LogP contribution in [0.25, 0.3) is 0 Å². The highest BCUT2D eigenvalue weighted by atomic mass is 28.3. The van der Waals surface area contributed by atoms with E-state index in [0.29, 0.717) is 5.56 Å². The van der Waals surface area contributed by atoms with Crippen molar-refractivity contribution in [2.45, 2.75) is 39.3 Å². The lowest BCUT2D eigenvalue weighted by Crippen LogP contribution is -2.45. The molecule has 17 heavy (non-hydrogen) atoms. The SMILES string of the molecule is C[Si](C)(C)c1cc(C=O)c(O)c([Si](C)(C)C)c1. The Morgan fingerprint density at radius 3 is 1.88 bits per heavy atom. The van der Waals surface area contributed by atoms with Crippen LogP contribution >= 0.6 is 0 Å². The summed E-state index contributed by atoms with van der Waals surface area (Å²) in [6.45, 7) is 13.3. The number of aromatic hydroxyl groups is 1. The fraction of sp³-hybridized carbons (Fsp3) is 0.462. The van der Waals surface area contributed by atoms with Gasteiger partial charge in [0.2, 0.25) is 0 Å². The maximum absolute atomic E-state index is 11.1. The van der Waals surface area contributed by atoms with Crippen LogP contribution in [0.5, 0.6) is 5.75 Å². The van der Waals surface area contributed by atoms with Crippen LogP contribution in [0.1, 0.15) is 10.4 Å². The van der Waals surface area contributed by atoms with Crippen molar-refractivity contribution in [1.29, 1.82) is 0 Å². The lowest BCUT2D eigenvalue weighted by Gasteiger charge is -2.24. The number of hydrogen-bond acceptors (Lipinski definition) is 2. The number of phenolic OH excluding ortho intramolecular Hbond substituents is 1. The zero-order chi connectivity index (χ0) is 13.4. The normalized spacial score (nSPS) is 12.6. The lowest BCUT2D eigenvalue weighted by molar-refractivity contribution is 0.112. The average molecular weight is 266 g/mol. The van der Waals surface area contributed by atoms with Gasteiger partial charge in [0.1, 0.15) is 5.75 Å². The molecule has 94 valence electrons. The Morgan fingerprint density at radius 1 is 1.00 bits per heavy atom. The van der Waals surface area contributed by atoms with E-state index in [2.05, 4.69) is 45.3 Å². The first-order chi connectivity index (χ1) is 7.57. The second kappa shape index (κ2) is 4.42. The summed E-state index contributed by atoms with van der Waals surface area (Å²) in [6, 6.07) is 3.99. The molecule has 0 atom stereocenters. The Balaban J connectivity index is 3.56. The Kier molecular flexibility index (Phi) is 3.69. The summed E-state index contributed by atoms with van der Waals surface area (Å²) in [5, 5.41) is 12.4. The zero-order valence-electron chi connectivity index (χ0n) is 11.6. The molecule has 4 heteroatoms. The van der Waals surface area contributed by atoms with E-state index in [1.807, 2.05) is 6.07 Å². The molecule has 0 aliphatic carbocycles. The van der Waals surface area contributed by atoms with Gasteiger partial charge in [0.05, 0.1) is 21.7 Å². The second-order valence-corrected chi connectivity index (χ2v) is 16.7. The standard InChI is InChI=1S/C13H22O2Si2/c1-16(2,3)11-7-10(9-14)13(15)12(8-11)17(4,5)6/h7-9,15H,1-6H3. The van der Waals surface area contributed by atoms with Crippen molar-refractivity contribution < 1.29 is 9.90 Å². The third kappa shape index (κ3) is 3.07. The van der Waals surface area contributed by atoms with Crippen molar-refractivity contribution in [3.05, 3.63) is 17.7 Å². The average Bonchev–Trinajstić information content (AvgIpc) is 2.14. The Morgan fingerprint density at radius 2 is 1.53 bits per heavy atom. The summed E-state index contributed by atoms with van der Waals surface area (Å²) in [6.07, 6.45) is 0.766. The van der Waals surface area contributed by atoms with Crippen molar-refractivity contribution in [3.8, 4) is 5.75 Å². The van der Waals surface area contributed by atoms with Crippen molar-refractivity contribution in [2.24, 2.45) is 0 Å². The van der Waals surface area contributed by atoms with E-state index < -0.39 is 16.1 Å². The molecule has 2 nitrogen and oxygen atoms in total. The minimum absolute atomic E-state index is 0.196. The Bertz CT molecular complexity index is 440. The fourth-order valence-electron chi connectivity index (χ4n) is 1.75. The molecule has 0 fully saturated rings. The van der Waals surface area contributed by atoms with Crippen molar-refractivity contribution in [3.63, 3.8) is 0 Å². The molecule has 1 N–H and O–H groups in total. The minimum Gasteiger partial charge on any atom is -0.507 e. The largest absolute Gasteiger partial charge is 0.507 e. The molecule has 0 saturated carbocycles. The van der Waals surface area contributed by atoms with Gasteiger partial charge in [-0.2, -0.15) is 0 Å². The molecule has 0 heterocycles. The van der Waals surface area contributed by atoms with Crippen molar-refractivity contribution in [1.82, 2.24) is 0 Å². The first kappa shape index (κ1) is 14.2. The van der Waals surface area contributed by atoms with E-state index in [1.54, 1.807) is 0 Å². The van der Waals surface area contributed by atoms with Crippen LogP contribution in [0.15, 0.2) is 12.1 Å². The molecule has 1 aromatic rings. The summed E-state index contributed by atoms with van der Waals surface area (Å²) in [5.41, 5.74) is 0.447. The smallest absolute Gasteiger partial charge is 0.153 e. The summed E-state index contributed by atoms with van der Waals surface area (Å²) < 4.78 is 0.